The smallest absolute Gasteiger partial charge is 0.187 e. The zero-order valence-corrected chi connectivity index (χ0v) is 12.4. The average molecular weight is 329 g/mol. The van der Waals surface area contributed by atoms with Crippen LogP contribution >= 0.6 is 0 Å². The predicted molar refractivity (Wildman–Crippen MR) is 74.6 cm³/mol. The molecule has 0 amide bonds. The van der Waals surface area contributed by atoms with Crippen LogP contribution in [0.2, 0.25) is 0 Å². The van der Waals surface area contributed by atoms with Crippen LogP contribution in [0, 0.1) is 6.92 Å². The van der Waals surface area contributed by atoms with E-state index < -0.39 is 37.3 Å². The van der Waals surface area contributed by atoms with E-state index in [4.69, 9.17) is 14.6 Å². The van der Waals surface area contributed by atoms with E-state index in [2.05, 4.69) is 4.98 Å². The predicted octanol–water partition coefficient (Wildman–Crippen LogP) is -1.78. The number of aryl methyl sites for hydroxylation is 1. The van der Waals surface area contributed by atoms with Gasteiger partial charge in [-0.1, -0.05) is 0 Å². The average Bonchev–Trinajstić information content (AvgIpc) is 2.55. The summed E-state index contributed by atoms with van der Waals surface area (Å²) in [5, 5.41) is 48.1. The summed E-state index contributed by atoms with van der Waals surface area (Å²) in [7, 11) is 0. The minimum absolute atomic E-state index is 0.00194. The fraction of sp³-hybridized carbons (Fsp3) is 0.571. The van der Waals surface area contributed by atoms with Gasteiger partial charge in [-0.15, -0.1) is 0 Å². The van der Waals surface area contributed by atoms with E-state index in [-0.39, 0.29) is 29.2 Å². The first-order chi connectivity index (χ1) is 10.9. The molecule has 0 spiro atoms. The molecule has 0 radical (unpaired) electrons. The molecule has 0 saturated carbocycles. The Balaban J connectivity index is 2.11. The van der Waals surface area contributed by atoms with Gasteiger partial charge in [-0.25, -0.2) is 0 Å². The van der Waals surface area contributed by atoms with Crippen molar-refractivity contribution in [2.75, 3.05) is 6.61 Å². The molecule has 23 heavy (non-hydrogen) atoms. The topological polar surface area (TPSA) is 150 Å². The molecule has 1 fully saturated rings. The van der Waals surface area contributed by atoms with Crippen molar-refractivity contribution >= 4 is 6.29 Å². The van der Waals surface area contributed by atoms with Crippen LogP contribution in [-0.4, -0.2) is 74.1 Å². The van der Waals surface area contributed by atoms with Crippen LogP contribution in [0.3, 0.4) is 0 Å². The lowest BCUT2D eigenvalue weighted by molar-refractivity contribution is -0.304. The van der Waals surface area contributed by atoms with Crippen LogP contribution < -0.4 is 0 Å². The number of rotatable bonds is 5. The van der Waals surface area contributed by atoms with Crippen molar-refractivity contribution in [1.29, 1.82) is 0 Å². The van der Waals surface area contributed by atoms with Gasteiger partial charge in [0.05, 0.1) is 24.5 Å². The molecule has 5 atom stereocenters. The lowest BCUT2D eigenvalue weighted by Gasteiger charge is -2.39. The molecule has 5 N–H and O–H groups in total. The van der Waals surface area contributed by atoms with Crippen molar-refractivity contribution in [3.05, 3.63) is 23.0 Å². The molecule has 1 aliphatic rings. The lowest BCUT2D eigenvalue weighted by atomic mass is 9.99. The maximum absolute atomic E-state index is 11.1. The van der Waals surface area contributed by atoms with E-state index in [1.807, 2.05) is 0 Å². The Kier molecular flexibility index (Phi) is 5.63. The van der Waals surface area contributed by atoms with E-state index in [1.165, 1.54) is 13.1 Å². The molecule has 1 saturated heterocycles. The monoisotopic (exact) mass is 329 g/mol. The van der Waals surface area contributed by atoms with Crippen molar-refractivity contribution in [2.24, 2.45) is 0 Å². The second kappa shape index (κ2) is 7.30. The van der Waals surface area contributed by atoms with Crippen LogP contribution in [0.5, 0.6) is 5.75 Å². The molecule has 0 bridgehead atoms. The SMILES string of the molecule is Cc1ncc(CO[C@H]2O[C@@H](CO)[C@H](O)[C@@H](O)[C@@H]2O)c(C=O)c1O. The van der Waals surface area contributed by atoms with Gasteiger partial charge in [0.15, 0.2) is 12.6 Å². The van der Waals surface area contributed by atoms with Crippen molar-refractivity contribution in [1.82, 2.24) is 4.98 Å². The van der Waals surface area contributed by atoms with E-state index in [9.17, 15) is 25.2 Å². The number of aldehydes is 1. The number of carbonyl (C=O) groups is 1. The summed E-state index contributed by atoms with van der Waals surface area (Å²) in [5.41, 5.74) is 0.547. The van der Waals surface area contributed by atoms with Gasteiger partial charge in [-0.05, 0) is 6.92 Å². The van der Waals surface area contributed by atoms with Gasteiger partial charge in [0, 0.05) is 11.8 Å². The van der Waals surface area contributed by atoms with Crippen molar-refractivity contribution in [3.8, 4) is 5.75 Å². The number of nitrogens with zero attached hydrogens (tertiary/aromatic N) is 1. The molecule has 1 aromatic heterocycles. The normalized spacial score (nSPS) is 31.1. The molecule has 0 aromatic carbocycles. The number of ether oxygens (including phenoxy) is 2. The third-order valence-electron chi connectivity index (χ3n) is 3.73. The second-order valence-electron chi connectivity index (χ2n) is 5.26. The summed E-state index contributed by atoms with van der Waals surface area (Å²) in [6, 6.07) is 0. The van der Waals surface area contributed by atoms with Crippen LogP contribution in [-0.2, 0) is 16.1 Å². The number of aromatic hydroxyl groups is 1. The van der Waals surface area contributed by atoms with Gasteiger partial charge in [0.25, 0.3) is 0 Å². The number of carbonyl (C=O) groups excluding carboxylic acids is 1. The minimum atomic E-state index is -1.55. The van der Waals surface area contributed by atoms with Crippen LogP contribution in [0.15, 0.2) is 6.20 Å². The maximum atomic E-state index is 11.1. The summed E-state index contributed by atoms with van der Waals surface area (Å²) >= 11 is 0. The van der Waals surface area contributed by atoms with Crippen molar-refractivity contribution in [3.63, 3.8) is 0 Å². The molecule has 1 aliphatic heterocycles. The van der Waals surface area contributed by atoms with E-state index in [0.29, 0.717) is 6.29 Å². The van der Waals surface area contributed by atoms with Crippen molar-refractivity contribution < 1.29 is 39.8 Å². The molecule has 128 valence electrons. The number of aliphatic hydroxyl groups is 4. The van der Waals surface area contributed by atoms with Gasteiger partial charge < -0.3 is 35.0 Å². The quantitative estimate of drug-likeness (QED) is 0.395. The minimum Gasteiger partial charge on any atom is -0.505 e. The number of hydrogen-bond donors (Lipinski definition) is 5. The standard InChI is InChI=1S/C14H19NO8/c1-6-10(18)8(3-16)7(2-15-6)5-22-14-13(21)12(20)11(19)9(4-17)23-14/h2-3,9,11-14,17-21H,4-5H2,1H3/t9-,11-,12+,13-,14-/m0/s1. The van der Waals surface area contributed by atoms with Crippen LogP contribution in [0.25, 0.3) is 0 Å². The number of aliphatic hydroxyl groups excluding tert-OH is 4. The highest BCUT2D eigenvalue weighted by atomic mass is 16.7. The van der Waals surface area contributed by atoms with Gasteiger partial charge in [0.2, 0.25) is 0 Å². The highest BCUT2D eigenvalue weighted by Gasteiger charge is 2.44. The lowest BCUT2D eigenvalue weighted by Crippen LogP contribution is -2.59. The zero-order chi connectivity index (χ0) is 17.1. The first-order valence-corrected chi connectivity index (χ1v) is 6.95. The molecule has 9 heteroatoms. The van der Waals surface area contributed by atoms with Gasteiger partial charge in [-0.2, -0.15) is 0 Å². The van der Waals surface area contributed by atoms with Gasteiger partial charge in [-0.3, -0.25) is 9.78 Å². The fourth-order valence-electron chi connectivity index (χ4n) is 2.28. The second-order valence-corrected chi connectivity index (χ2v) is 5.26. The first kappa shape index (κ1) is 17.7. The molecule has 1 aromatic rings. The summed E-state index contributed by atoms with van der Waals surface area (Å²) in [6.07, 6.45) is -5.20. The number of aromatic nitrogens is 1. The zero-order valence-electron chi connectivity index (χ0n) is 12.4. The molecule has 0 aliphatic carbocycles. The van der Waals surface area contributed by atoms with Crippen LogP contribution in [0.4, 0.5) is 0 Å². The summed E-state index contributed by atoms with van der Waals surface area (Å²) in [5.74, 6) is -0.269. The number of hydrogen-bond acceptors (Lipinski definition) is 9. The largest absolute Gasteiger partial charge is 0.505 e. The molecule has 9 nitrogen and oxygen atoms in total. The Morgan fingerprint density at radius 3 is 2.61 bits per heavy atom. The van der Waals surface area contributed by atoms with Crippen LogP contribution in [0.1, 0.15) is 21.6 Å². The van der Waals surface area contributed by atoms with E-state index >= 15 is 0 Å². The first-order valence-electron chi connectivity index (χ1n) is 6.95. The summed E-state index contributed by atoms with van der Waals surface area (Å²) in [6.45, 7) is 0.722. The molecular formula is C14H19NO8. The van der Waals surface area contributed by atoms with E-state index in [0.717, 1.165) is 0 Å². The molecule has 2 rings (SSSR count). The number of pyridine rings is 1. The molecule has 2 heterocycles. The Labute approximate surface area is 131 Å². The Morgan fingerprint density at radius 1 is 1.30 bits per heavy atom. The van der Waals surface area contributed by atoms with E-state index in [1.54, 1.807) is 0 Å². The molecule has 0 unspecified atom stereocenters. The third kappa shape index (κ3) is 3.50. The maximum Gasteiger partial charge on any atom is 0.187 e. The molecular weight excluding hydrogens is 310 g/mol. The Hall–Kier alpha value is -1.62. The summed E-state index contributed by atoms with van der Waals surface area (Å²) < 4.78 is 10.5. The van der Waals surface area contributed by atoms with Crippen molar-refractivity contribution in [2.45, 2.75) is 44.2 Å². The summed E-state index contributed by atoms with van der Waals surface area (Å²) in [4.78, 5) is 15.0. The van der Waals surface area contributed by atoms with Gasteiger partial charge in [0.1, 0.15) is 30.2 Å². The Morgan fingerprint density at radius 2 is 2.00 bits per heavy atom. The fourth-order valence-corrected chi connectivity index (χ4v) is 2.28. The van der Waals surface area contributed by atoms with Gasteiger partial charge >= 0.3 is 0 Å². The highest BCUT2D eigenvalue weighted by Crippen LogP contribution is 2.25. The third-order valence-corrected chi connectivity index (χ3v) is 3.73. The Bertz CT molecular complexity index is 564. The highest BCUT2D eigenvalue weighted by molar-refractivity contribution is 5.81.